The van der Waals surface area contributed by atoms with E-state index in [4.69, 9.17) is 5.26 Å². The fourth-order valence-electron chi connectivity index (χ4n) is 1.04. The Morgan fingerprint density at radius 2 is 2.47 bits per heavy atom. The Labute approximate surface area is 82.1 Å². The molecular formula is C6H3N7O2. The highest BCUT2D eigenvalue weighted by molar-refractivity contribution is 5.53. The first-order valence-corrected chi connectivity index (χ1v) is 3.72. The molecule has 0 aliphatic carbocycles. The van der Waals surface area contributed by atoms with Crippen molar-refractivity contribution in [1.29, 1.82) is 5.26 Å². The van der Waals surface area contributed by atoms with Crippen LogP contribution in [0.3, 0.4) is 0 Å². The molecule has 0 atom stereocenters. The van der Waals surface area contributed by atoms with Gasteiger partial charge in [0, 0.05) is 0 Å². The quantitative estimate of drug-likeness (QED) is 0.532. The van der Waals surface area contributed by atoms with Crippen LogP contribution >= 0.6 is 0 Å². The Morgan fingerprint density at radius 1 is 1.67 bits per heavy atom. The van der Waals surface area contributed by atoms with Gasteiger partial charge >= 0.3 is 5.82 Å². The van der Waals surface area contributed by atoms with Crippen molar-refractivity contribution in [3.05, 3.63) is 28.3 Å². The summed E-state index contributed by atoms with van der Waals surface area (Å²) in [5, 5.41) is 28.8. The van der Waals surface area contributed by atoms with Crippen molar-refractivity contribution in [2.45, 2.75) is 0 Å². The van der Waals surface area contributed by atoms with Crippen LogP contribution in [0.2, 0.25) is 0 Å². The van der Waals surface area contributed by atoms with E-state index in [2.05, 4.69) is 20.3 Å². The van der Waals surface area contributed by atoms with Gasteiger partial charge in [-0.25, -0.2) is 4.98 Å². The van der Waals surface area contributed by atoms with Gasteiger partial charge < -0.3 is 10.1 Å². The molecule has 0 fully saturated rings. The maximum atomic E-state index is 10.5. The van der Waals surface area contributed by atoms with Crippen LogP contribution in [0.5, 0.6) is 0 Å². The molecule has 0 radical (unpaired) electrons. The van der Waals surface area contributed by atoms with Gasteiger partial charge in [0.15, 0.2) is 5.56 Å². The largest absolute Gasteiger partial charge is 0.363 e. The molecule has 0 amide bonds. The molecule has 2 heterocycles. The Balaban J connectivity index is 2.61. The molecule has 0 aromatic carbocycles. The summed E-state index contributed by atoms with van der Waals surface area (Å²) in [5.41, 5.74) is -0.175. The third-order valence-corrected chi connectivity index (χ3v) is 1.66. The Morgan fingerprint density at radius 3 is 3.00 bits per heavy atom. The fraction of sp³-hybridized carbons (Fsp3) is 0. The number of H-pyrrole nitrogens is 1. The van der Waals surface area contributed by atoms with E-state index < -0.39 is 10.7 Å². The molecule has 2 rings (SSSR count). The highest BCUT2D eigenvalue weighted by atomic mass is 16.6. The molecule has 0 aliphatic heterocycles. The summed E-state index contributed by atoms with van der Waals surface area (Å²) in [5.74, 6) is -0.398. The number of hydrogen-bond acceptors (Lipinski definition) is 6. The number of rotatable bonds is 2. The molecule has 0 spiro atoms. The van der Waals surface area contributed by atoms with Crippen LogP contribution in [-0.2, 0) is 0 Å². The molecule has 15 heavy (non-hydrogen) atoms. The monoisotopic (exact) mass is 205 g/mol. The number of hydrogen-bond donors (Lipinski definition) is 1. The Kier molecular flexibility index (Phi) is 1.87. The van der Waals surface area contributed by atoms with Crippen molar-refractivity contribution < 1.29 is 4.92 Å². The highest BCUT2D eigenvalue weighted by Gasteiger charge is 2.23. The lowest BCUT2D eigenvalue weighted by Crippen LogP contribution is -1.97. The number of nitrogens with one attached hydrogen (secondary N) is 1. The van der Waals surface area contributed by atoms with Gasteiger partial charge in [-0.1, -0.05) is 5.10 Å². The van der Waals surface area contributed by atoms with Crippen molar-refractivity contribution in [3.8, 4) is 11.9 Å². The Bertz CT molecular complexity index is 534. The minimum atomic E-state index is -0.716. The van der Waals surface area contributed by atoms with E-state index in [0.717, 1.165) is 0 Å². The van der Waals surface area contributed by atoms with Gasteiger partial charge in [0.1, 0.15) is 18.7 Å². The summed E-state index contributed by atoms with van der Waals surface area (Å²) in [7, 11) is 0. The number of nitriles is 1. The number of aromatic amines is 1. The third-order valence-electron chi connectivity index (χ3n) is 1.66. The van der Waals surface area contributed by atoms with Crippen LogP contribution in [0.4, 0.5) is 5.82 Å². The average Bonchev–Trinajstić information content (AvgIpc) is 2.85. The third kappa shape index (κ3) is 1.29. The van der Waals surface area contributed by atoms with E-state index in [9.17, 15) is 10.1 Å². The lowest BCUT2D eigenvalue weighted by molar-refractivity contribution is -0.389. The van der Waals surface area contributed by atoms with Gasteiger partial charge in [0.05, 0.1) is 0 Å². The molecular weight excluding hydrogens is 202 g/mol. The molecule has 9 heteroatoms. The summed E-state index contributed by atoms with van der Waals surface area (Å²) in [6.07, 6.45) is 2.53. The van der Waals surface area contributed by atoms with Crippen LogP contribution in [0, 0.1) is 21.4 Å². The molecule has 2 aromatic rings. The van der Waals surface area contributed by atoms with Gasteiger partial charge in [-0.2, -0.15) is 15.0 Å². The number of aromatic nitrogens is 5. The Hall–Kier alpha value is -2.76. The summed E-state index contributed by atoms with van der Waals surface area (Å²) >= 11 is 0. The van der Waals surface area contributed by atoms with Crippen molar-refractivity contribution in [2.75, 3.05) is 0 Å². The molecule has 0 unspecified atom stereocenters. The normalized spacial score (nSPS) is 9.80. The molecule has 1 N–H and O–H groups in total. The zero-order valence-corrected chi connectivity index (χ0v) is 7.15. The van der Waals surface area contributed by atoms with Crippen molar-refractivity contribution in [3.63, 3.8) is 0 Å². The minimum absolute atomic E-state index is 0.0571. The molecule has 2 aromatic heterocycles. The van der Waals surface area contributed by atoms with E-state index >= 15 is 0 Å². The smallest absolute Gasteiger partial charge is 0.358 e. The maximum Gasteiger partial charge on any atom is 0.363 e. The lowest BCUT2D eigenvalue weighted by Gasteiger charge is -1.91. The molecule has 0 bridgehead atoms. The van der Waals surface area contributed by atoms with Crippen molar-refractivity contribution >= 4 is 5.82 Å². The van der Waals surface area contributed by atoms with Crippen molar-refractivity contribution in [1.82, 2.24) is 25.0 Å². The zero-order chi connectivity index (χ0) is 10.8. The zero-order valence-electron chi connectivity index (χ0n) is 7.15. The summed E-state index contributed by atoms with van der Waals surface area (Å²) in [6, 6.07) is 1.69. The predicted octanol–water partition coefficient (Wildman–Crippen LogP) is -0.230. The fourth-order valence-corrected chi connectivity index (χ4v) is 1.04. The molecule has 9 nitrogen and oxygen atoms in total. The second-order valence-electron chi connectivity index (χ2n) is 2.48. The summed E-state index contributed by atoms with van der Waals surface area (Å²) in [4.78, 5) is 13.4. The van der Waals surface area contributed by atoms with Crippen LogP contribution in [0.1, 0.15) is 5.56 Å². The highest BCUT2D eigenvalue weighted by Crippen LogP contribution is 2.19. The lowest BCUT2D eigenvalue weighted by atomic mass is 10.3. The van der Waals surface area contributed by atoms with Crippen LogP contribution < -0.4 is 0 Å². The first kappa shape index (κ1) is 8.82. The van der Waals surface area contributed by atoms with E-state index in [1.165, 1.54) is 17.3 Å². The molecule has 74 valence electrons. The van der Waals surface area contributed by atoms with Gasteiger partial charge in [0.25, 0.3) is 0 Å². The van der Waals surface area contributed by atoms with Crippen LogP contribution in [-0.4, -0.2) is 29.9 Å². The van der Waals surface area contributed by atoms with Gasteiger partial charge in [-0.3, -0.25) is 0 Å². The SMILES string of the molecule is N#Cc1c(-n2cncn2)n[nH]c1[N+](=O)[O-]. The number of nitrogens with zero attached hydrogens (tertiary/aromatic N) is 6. The predicted molar refractivity (Wildman–Crippen MR) is 44.9 cm³/mol. The maximum absolute atomic E-state index is 10.5. The minimum Gasteiger partial charge on any atom is -0.358 e. The van der Waals surface area contributed by atoms with E-state index in [-0.39, 0.29) is 11.4 Å². The molecule has 0 aliphatic rings. The second-order valence-corrected chi connectivity index (χ2v) is 2.48. The van der Waals surface area contributed by atoms with Gasteiger partial charge in [-0.05, 0) is 4.92 Å². The molecule has 0 saturated heterocycles. The van der Waals surface area contributed by atoms with Gasteiger partial charge in [-0.15, -0.1) is 5.10 Å². The standard InChI is InChI=1S/C6H3N7O2/c7-1-4-5(12-3-8-2-9-12)10-11-6(4)13(14)15/h2-3H,(H,10,11). The first-order valence-electron chi connectivity index (χ1n) is 3.72. The van der Waals surface area contributed by atoms with Crippen LogP contribution in [0.15, 0.2) is 12.7 Å². The van der Waals surface area contributed by atoms with E-state index in [0.29, 0.717) is 0 Å². The number of nitro groups is 1. The van der Waals surface area contributed by atoms with Crippen LogP contribution in [0.25, 0.3) is 5.82 Å². The molecule has 0 saturated carbocycles. The summed E-state index contributed by atoms with van der Waals surface area (Å²) in [6.45, 7) is 0. The topological polar surface area (TPSA) is 126 Å². The van der Waals surface area contributed by atoms with Crippen molar-refractivity contribution in [2.24, 2.45) is 0 Å². The first-order chi connectivity index (χ1) is 7.24. The summed E-state index contributed by atoms with van der Waals surface area (Å²) < 4.78 is 1.17. The average molecular weight is 205 g/mol. The van der Waals surface area contributed by atoms with Gasteiger partial charge in [0.2, 0.25) is 5.82 Å². The van der Waals surface area contributed by atoms with E-state index in [1.54, 1.807) is 6.07 Å². The second kappa shape index (κ2) is 3.18. The van der Waals surface area contributed by atoms with E-state index in [1.807, 2.05) is 0 Å².